The van der Waals surface area contributed by atoms with Crippen LogP contribution in [0.5, 0.6) is 0 Å². The van der Waals surface area contributed by atoms with Gasteiger partial charge in [-0.05, 0) is 49.1 Å². The summed E-state index contributed by atoms with van der Waals surface area (Å²) in [6.07, 6.45) is 1.42. The van der Waals surface area contributed by atoms with Crippen molar-refractivity contribution in [3.63, 3.8) is 0 Å². The van der Waals surface area contributed by atoms with Crippen LogP contribution in [0.4, 0.5) is 5.69 Å². The van der Waals surface area contributed by atoms with Crippen molar-refractivity contribution >= 4 is 33.5 Å². The quantitative estimate of drug-likeness (QED) is 0.484. The Labute approximate surface area is 172 Å². The Morgan fingerprint density at radius 1 is 1.13 bits per heavy atom. The van der Waals surface area contributed by atoms with E-state index in [0.29, 0.717) is 27.6 Å². The second-order valence-electron chi connectivity index (χ2n) is 7.85. The van der Waals surface area contributed by atoms with Gasteiger partial charge in [0.15, 0.2) is 0 Å². The lowest BCUT2D eigenvalue weighted by Crippen LogP contribution is -2.36. The molecular formula is C22H23N5O3. The van der Waals surface area contributed by atoms with Gasteiger partial charge in [0, 0.05) is 0 Å². The van der Waals surface area contributed by atoms with Gasteiger partial charge in [0.25, 0.3) is 5.56 Å². The molecule has 8 nitrogen and oxygen atoms in total. The molecule has 154 valence electrons. The normalized spacial score (nSPS) is 12.6. The first kappa shape index (κ1) is 19.6. The third-order valence-electron chi connectivity index (χ3n) is 5.47. The van der Waals surface area contributed by atoms with Gasteiger partial charge in [0.2, 0.25) is 5.91 Å². The highest BCUT2D eigenvalue weighted by Crippen LogP contribution is 2.29. The van der Waals surface area contributed by atoms with Gasteiger partial charge in [-0.15, -0.1) is 0 Å². The van der Waals surface area contributed by atoms with Gasteiger partial charge in [-0.25, -0.2) is 9.78 Å². The maximum Gasteiger partial charge on any atom is 0.323 e. The van der Waals surface area contributed by atoms with Crippen molar-refractivity contribution in [3.05, 3.63) is 68.6 Å². The minimum Gasteiger partial charge on any atom is -0.322 e. The van der Waals surface area contributed by atoms with Crippen molar-refractivity contribution in [1.29, 1.82) is 0 Å². The molecule has 2 aromatic heterocycles. The van der Waals surface area contributed by atoms with Crippen LogP contribution in [0.2, 0.25) is 0 Å². The molecule has 1 unspecified atom stereocenters. The Hall–Kier alpha value is -3.68. The van der Waals surface area contributed by atoms with Crippen LogP contribution in [0.3, 0.4) is 0 Å². The highest BCUT2D eigenvalue weighted by molar-refractivity contribution is 6.02. The fraction of sp³-hybridized carbons (Fsp3) is 0.273. The van der Waals surface area contributed by atoms with Crippen molar-refractivity contribution < 1.29 is 4.79 Å². The number of carbonyl (C=O) groups excluding carboxylic acids is 1. The standard InChI is InChI=1S/C22H23N5O3/c1-11(2)19(27-10-23-15-8-6-5-7-14(15)21(27)29)20(28)25-17-13(4)12(3)9-16-18(17)26-22(30)24-16/h5-11,19H,1-4H3,(H,25,28)(H2,24,26,30). The molecule has 30 heavy (non-hydrogen) atoms. The molecule has 3 N–H and O–H groups in total. The average molecular weight is 405 g/mol. The Morgan fingerprint density at radius 3 is 2.60 bits per heavy atom. The van der Waals surface area contributed by atoms with Crippen LogP contribution in [-0.4, -0.2) is 25.4 Å². The topological polar surface area (TPSA) is 113 Å². The summed E-state index contributed by atoms with van der Waals surface area (Å²) >= 11 is 0. The molecule has 2 aromatic carbocycles. The Balaban J connectivity index is 1.81. The van der Waals surface area contributed by atoms with E-state index in [1.807, 2.05) is 39.8 Å². The molecule has 4 rings (SSSR count). The number of hydrogen-bond acceptors (Lipinski definition) is 4. The highest BCUT2D eigenvalue weighted by atomic mass is 16.2. The third kappa shape index (κ3) is 3.20. The molecule has 0 aliphatic rings. The van der Waals surface area contributed by atoms with Crippen LogP contribution in [-0.2, 0) is 4.79 Å². The fourth-order valence-electron chi connectivity index (χ4n) is 3.80. The van der Waals surface area contributed by atoms with Gasteiger partial charge < -0.3 is 15.3 Å². The van der Waals surface area contributed by atoms with Crippen molar-refractivity contribution in [2.75, 3.05) is 5.32 Å². The number of aryl methyl sites for hydroxylation is 1. The van der Waals surface area contributed by atoms with E-state index in [0.717, 1.165) is 11.1 Å². The number of aromatic nitrogens is 4. The molecule has 0 spiro atoms. The zero-order valence-corrected chi connectivity index (χ0v) is 17.2. The second-order valence-corrected chi connectivity index (χ2v) is 7.85. The molecule has 1 atom stereocenters. The van der Waals surface area contributed by atoms with E-state index >= 15 is 0 Å². The molecule has 0 fully saturated rings. The van der Waals surface area contributed by atoms with Crippen LogP contribution in [0, 0.1) is 19.8 Å². The van der Waals surface area contributed by atoms with Crippen LogP contribution in [0.15, 0.2) is 46.2 Å². The smallest absolute Gasteiger partial charge is 0.322 e. The van der Waals surface area contributed by atoms with Crippen LogP contribution in [0.25, 0.3) is 21.9 Å². The van der Waals surface area contributed by atoms with E-state index in [-0.39, 0.29) is 23.1 Å². The summed E-state index contributed by atoms with van der Waals surface area (Å²) in [5, 5.41) is 3.41. The molecule has 0 saturated heterocycles. The Bertz CT molecular complexity index is 1390. The molecule has 2 heterocycles. The second kappa shape index (κ2) is 7.29. The minimum absolute atomic E-state index is 0.170. The predicted molar refractivity (Wildman–Crippen MR) is 117 cm³/mol. The molecule has 0 aliphatic heterocycles. The van der Waals surface area contributed by atoms with Crippen molar-refractivity contribution in [3.8, 4) is 0 Å². The summed E-state index contributed by atoms with van der Waals surface area (Å²) in [4.78, 5) is 48.0. The molecule has 4 aromatic rings. The molecule has 1 amide bonds. The molecule has 0 aliphatic carbocycles. The molecule has 0 saturated carbocycles. The number of amides is 1. The summed E-state index contributed by atoms with van der Waals surface area (Å²) < 4.78 is 1.38. The summed E-state index contributed by atoms with van der Waals surface area (Å²) in [6.45, 7) is 7.54. The number of anilines is 1. The number of hydrogen-bond donors (Lipinski definition) is 3. The number of fused-ring (bicyclic) bond motifs is 2. The van der Waals surface area contributed by atoms with Crippen molar-refractivity contribution in [2.24, 2.45) is 5.92 Å². The molecule has 0 bridgehead atoms. The number of rotatable bonds is 4. The van der Waals surface area contributed by atoms with Gasteiger partial charge in [0.05, 0.1) is 34.0 Å². The first-order valence-electron chi connectivity index (χ1n) is 9.77. The Morgan fingerprint density at radius 2 is 1.87 bits per heavy atom. The number of imidazole rings is 1. The van der Waals surface area contributed by atoms with Crippen LogP contribution < -0.4 is 16.6 Å². The molecular weight excluding hydrogens is 382 g/mol. The van der Waals surface area contributed by atoms with Crippen molar-refractivity contribution in [2.45, 2.75) is 33.7 Å². The fourth-order valence-corrected chi connectivity index (χ4v) is 3.80. The van der Waals surface area contributed by atoms with E-state index < -0.39 is 6.04 Å². The number of nitrogens with one attached hydrogen (secondary N) is 3. The number of carbonyl (C=O) groups is 1. The summed E-state index contributed by atoms with van der Waals surface area (Å²) in [5.41, 5.74) is 3.42. The van der Waals surface area contributed by atoms with Crippen molar-refractivity contribution in [1.82, 2.24) is 19.5 Å². The first-order valence-corrected chi connectivity index (χ1v) is 9.77. The third-order valence-corrected chi connectivity index (χ3v) is 5.47. The van der Waals surface area contributed by atoms with Gasteiger partial charge in [-0.2, -0.15) is 0 Å². The lowest BCUT2D eigenvalue weighted by molar-refractivity contribution is -0.120. The maximum absolute atomic E-state index is 13.4. The van der Waals surface area contributed by atoms with Gasteiger partial charge in [-0.1, -0.05) is 26.0 Å². The lowest BCUT2D eigenvalue weighted by atomic mass is 10.0. The average Bonchev–Trinajstić information content (AvgIpc) is 3.07. The first-order chi connectivity index (χ1) is 14.3. The SMILES string of the molecule is Cc1cc2[nH]c(=O)[nH]c2c(NC(=O)C(C(C)C)n2cnc3ccccc3c2=O)c1C. The Kier molecular flexibility index (Phi) is 4.77. The predicted octanol–water partition coefficient (Wildman–Crippen LogP) is 3.02. The zero-order chi connectivity index (χ0) is 21.6. The number of H-pyrrole nitrogens is 2. The van der Waals surface area contributed by atoms with Crippen LogP contribution >= 0.6 is 0 Å². The summed E-state index contributed by atoms with van der Waals surface area (Å²) in [6, 6.07) is 8.14. The van der Waals surface area contributed by atoms with E-state index in [1.165, 1.54) is 10.9 Å². The van der Waals surface area contributed by atoms with E-state index in [2.05, 4.69) is 20.3 Å². The largest absolute Gasteiger partial charge is 0.323 e. The molecule has 8 heteroatoms. The van der Waals surface area contributed by atoms with Crippen LogP contribution in [0.1, 0.15) is 31.0 Å². The summed E-state index contributed by atoms with van der Waals surface area (Å²) in [7, 11) is 0. The van der Waals surface area contributed by atoms with E-state index in [9.17, 15) is 14.4 Å². The maximum atomic E-state index is 13.4. The lowest BCUT2D eigenvalue weighted by Gasteiger charge is -2.23. The monoisotopic (exact) mass is 405 g/mol. The number of aromatic amines is 2. The zero-order valence-electron chi connectivity index (χ0n) is 17.2. The van der Waals surface area contributed by atoms with Gasteiger partial charge >= 0.3 is 5.69 Å². The minimum atomic E-state index is -0.768. The number of para-hydroxylation sites is 1. The number of benzene rings is 2. The van der Waals surface area contributed by atoms with Gasteiger partial charge in [0.1, 0.15) is 6.04 Å². The number of nitrogens with zero attached hydrogens (tertiary/aromatic N) is 2. The summed E-state index contributed by atoms with van der Waals surface area (Å²) in [5.74, 6) is -0.516. The van der Waals surface area contributed by atoms with Gasteiger partial charge in [-0.3, -0.25) is 14.2 Å². The van der Waals surface area contributed by atoms with E-state index in [4.69, 9.17) is 0 Å². The molecule has 0 radical (unpaired) electrons. The highest BCUT2D eigenvalue weighted by Gasteiger charge is 2.27. The van der Waals surface area contributed by atoms with E-state index in [1.54, 1.807) is 18.2 Å².